The van der Waals surface area contributed by atoms with Crippen LogP contribution in [0.2, 0.25) is 10.0 Å². The topological polar surface area (TPSA) is 71.7 Å². The predicted molar refractivity (Wildman–Crippen MR) is 132 cm³/mol. The van der Waals surface area contributed by atoms with Gasteiger partial charge in [0.15, 0.2) is 23.9 Å². The first-order valence-electron chi connectivity index (χ1n) is 11.1. The van der Waals surface area contributed by atoms with Gasteiger partial charge < -0.3 is 19.4 Å². The Bertz CT molecular complexity index is 1260. The average molecular weight is 574 g/mol. The van der Waals surface area contributed by atoms with E-state index in [-0.39, 0.29) is 28.0 Å². The number of carbonyl (C=O) groups excluding carboxylic acids is 1. The smallest absolute Gasteiger partial charge is 0.387 e. The lowest BCUT2D eigenvalue weighted by molar-refractivity contribution is -0.605. The molecule has 6 nitrogen and oxygen atoms in total. The number of nitrogens with zero attached hydrogens (tertiary/aromatic N) is 1. The number of ether oxygens (including phenoxy) is 3. The van der Waals surface area contributed by atoms with E-state index in [1.54, 1.807) is 6.07 Å². The maximum Gasteiger partial charge on any atom is 0.387 e. The summed E-state index contributed by atoms with van der Waals surface area (Å²) in [5.74, 6) is -0.289. The van der Waals surface area contributed by atoms with Crippen molar-refractivity contribution < 1.29 is 36.9 Å². The van der Waals surface area contributed by atoms with Gasteiger partial charge in [-0.15, -0.1) is 0 Å². The molecule has 1 aromatic heterocycles. The highest BCUT2D eigenvalue weighted by Gasteiger charge is 2.26. The lowest BCUT2D eigenvalue weighted by Crippen LogP contribution is -2.25. The van der Waals surface area contributed by atoms with Crippen LogP contribution in [0, 0.1) is 16.9 Å². The Labute approximate surface area is 224 Å². The molecule has 1 fully saturated rings. The summed E-state index contributed by atoms with van der Waals surface area (Å²) in [4.78, 5) is 13.1. The lowest BCUT2D eigenvalue weighted by Gasteiger charge is -2.21. The molecule has 1 atom stereocenters. The van der Waals surface area contributed by atoms with E-state index in [1.807, 2.05) is 0 Å². The Balaban J connectivity index is 1.64. The van der Waals surface area contributed by atoms with Crippen LogP contribution in [0.25, 0.3) is 0 Å². The predicted octanol–water partition coefficient (Wildman–Crippen LogP) is 7.37. The molecule has 0 radical (unpaired) electrons. The van der Waals surface area contributed by atoms with Crippen LogP contribution in [-0.4, -0.2) is 18.5 Å². The summed E-state index contributed by atoms with van der Waals surface area (Å²) in [5, 5.41) is 11.0. The second kappa shape index (κ2) is 12.1. The molecule has 0 spiro atoms. The second-order valence-electron chi connectivity index (χ2n) is 8.25. The van der Waals surface area contributed by atoms with Crippen LogP contribution in [-0.2, 0) is 11.2 Å². The van der Waals surface area contributed by atoms with Crippen molar-refractivity contribution in [3.63, 3.8) is 0 Å². The average Bonchev–Trinajstić information content (AvgIpc) is 3.64. The largest absolute Gasteiger partial charge is 0.619 e. The van der Waals surface area contributed by atoms with Gasteiger partial charge in [0.1, 0.15) is 22.0 Å². The van der Waals surface area contributed by atoms with E-state index < -0.39 is 23.8 Å². The second-order valence-corrected chi connectivity index (χ2v) is 10.1. The Morgan fingerprint density at radius 1 is 1.11 bits per heavy atom. The van der Waals surface area contributed by atoms with Gasteiger partial charge in [0.2, 0.25) is 0 Å². The summed E-state index contributed by atoms with van der Waals surface area (Å²) in [6.45, 7) is -2.74. The molecule has 0 unspecified atom stereocenters. The number of alkyl halides is 2. The summed E-state index contributed by atoms with van der Waals surface area (Å²) < 4.78 is 55.9. The number of halogens is 5. The zero-order valence-corrected chi connectivity index (χ0v) is 21.4. The molecule has 1 heterocycles. The summed E-state index contributed by atoms with van der Waals surface area (Å²) in [6, 6.07) is 9.61. The van der Waals surface area contributed by atoms with Gasteiger partial charge in [-0.25, -0.2) is 9.18 Å². The number of hydrogen-bond acceptors (Lipinski definition) is 6. The van der Waals surface area contributed by atoms with Gasteiger partial charge in [-0.1, -0.05) is 35.3 Å². The first-order valence-corrected chi connectivity index (χ1v) is 12.7. The fraction of sp³-hybridized carbons (Fsp3) is 0.280. The molecule has 2 aromatic carbocycles. The Morgan fingerprint density at radius 2 is 1.84 bits per heavy atom. The van der Waals surface area contributed by atoms with Crippen LogP contribution in [0.3, 0.4) is 0 Å². The van der Waals surface area contributed by atoms with Crippen molar-refractivity contribution >= 4 is 40.3 Å². The minimum absolute atomic E-state index is 0.0455. The van der Waals surface area contributed by atoms with E-state index in [0.717, 1.165) is 25.2 Å². The highest BCUT2D eigenvalue weighted by molar-refractivity contribution is 8.13. The zero-order valence-electron chi connectivity index (χ0n) is 19.0. The highest BCUT2D eigenvalue weighted by Crippen LogP contribution is 2.38. The minimum atomic E-state index is -3.06. The van der Waals surface area contributed by atoms with Crippen LogP contribution in [0.1, 0.15) is 30.1 Å². The van der Waals surface area contributed by atoms with Crippen molar-refractivity contribution in [2.24, 2.45) is 5.92 Å². The molecular formula is C25H20Cl2F3NO5S. The third-order valence-electron chi connectivity index (χ3n) is 5.41. The first-order chi connectivity index (χ1) is 17.7. The SMILES string of the molecule is O=C(O[C@@H](Cc1c(Cl)c[n+]([O-])cc1Cl)c1ccc(OC(F)F)c(OCC2CC2)c1)Sc1cccc(F)c1. The van der Waals surface area contributed by atoms with Crippen molar-refractivity contribution in [1.82, 2.24) is 0 Å². The minimum Gasteiger partial charge on any atom is -0.619 e. The third-order valence-corrected chi connectivity index (χ3v) is 6.81. The summed E-state index contributed by atoms with van der Waals surface area (Å²) >= 11 is 13.1. The summed E-state index contributed by atoms with van der Waals surface area (Å²) in [5.41, 5.74) is 0.712. The number of thioether (sulfide) groups is 1. The number of pyridine rings is 1. The maximum atomic E-state index is 13.6. The molecule has 37 heavy (non-hydrogen) atoms. The van der Waals surface area contributed by atoms with Crippen LogP contribution in [0.5, 0.6) is 11.5 Å². The fourth-order valence-corrected chi connectivity index (χ4v) is 4.70. The van der Waals surface area contributed by atoms with E-state index in [0.29, 0.717) is 45.0 Å². The Morgan fingerprint density at radius 3 is 2.49 bits per heavy atom. The molecule has 3 aromatic rings. The number of aromatic nitrogens is 1. The monoisotopic (exact) mass is 573 g/mol. The fourth-order valence-electron chi connectivity index (χ4n) is 3.43. The van der Waals surface area contributed by atoms with Crippen molar-refractivity contribution in [3.05, 3.63) is 87.1 Å². The highest BCUT2D eigenvalue weighted by atomic mass is 35.5. The van der Waals surface area contributed by atoms with E-state index in [1.165, 1.54) is 36.4 Å². The van der Waals surface area contributed by atoms with Gasteiger partial charge in [0.25, 0.3) is 0 Å². The molecule has 0 N–H and O–H groups in total. The number of carbonyl (C=O) groups is 1. The lowest BCUT2D eigenvalue weighted by atomic mass is 10.0. The standard InChI is InChI=1S/C25H20Cl2F3NO5S/c26-19-11-31(33)12-20(27)18(19)10-22(36-25(32)37-17-3-1-2-16(28)9-17)15-6-7-21(35-24(29)30)23(8-15)34-13-14-4-5-14/h1-3,6-9,11-12,14,22,24H,4-5,10,13H2/t22-/m0/s1. The van der Waals surface area contributed by atoms with Crippen molar-refractivity contribution in [1.29, 1.82) is 0 Å². The van der Waals surface area contributed by atoms with Crippen molar-refractivity contribution in [2.45, 2.75) is 36.9 Å². The van der Waals surface area contributed by atoms with Gasteiger partial charge in [0.05, 0.1) is 6.61 Å². The normalized spacial score (nSPS) is 13.9. The van der Waals surface area contributed by atoms with Gasteiger partial charge in [-0.3, -0.25) is 0 Å². The quantitative estimate of drug-likeness (QED) is 0.109. The number of hydrogen-bond donors (Lipinski definition) is 0. The molecule has 0 aliphatic heterocycles. The Hall–Kier alpha value is -2.82. The molecule has 1 saturated carbocycles. The Kier molecular flexibility index (Phi) is 8.94. The van der Waals surface area contributed by atoms with E-state index >= 15 is 0 Å². The van der Waals surface area contributed by atoms with E-state index in [2.05, 4.69) is 4.74 Å². The van der Waals surface area contributed by atoms with Crippen molar-refractivity contribution in [2.75, 3.05) is 6.61 Å². The van der Waals surface area contributed by atoms with Crippen LogP contribution in [0.15, 0.2) is 59.8 Å². The molecule has 4 rings (SSSR count). The molecule has 1 aliphatic rings. The van der Waals surface area contributed by atoms with Gasteiger partial charge >= 0.3 is 11.9 Å². The van der Waals surface area contributed by atoms with E-state index in [9.17, 15) is 23.2 Å². The van der Waals surface area contributed by atoms with E-state index in [4.69, 9.17) is 32.7 Å². The molecule has 0 amide bonds. The molecule has 1 aliphatic carbocycles. The number of benzene rings is 2. The van der Waals surface area contributed by atoms with Crippen molar-refractivity contribution in [3.8, 4) is 11.5 Å². The van der Waals surface area contributed by atoms with Crippen LogP contribution in [0.4, 0.5) is 18.0 Å². The molecular weight excluding hydrogens is 554 g/mol. The summed E-state index contributed by atoms with van der Waals surface area (Å²) in [7, 11) is 0. The summed E-state index contributed by atoms with van der Waals surface area (Å²) in [6.07, 6.45) is 3.10. The third kappa shape index (κ3) is 7.83. The molecule has 12 heteroatoms. The zero-order chi connectivity index (χ0) is 26.5. The molecule has 0 bridgehead atoms. The molecule has 196 valence electrons. The van der Waals surface area contributed by atoms with Gasteiger partial charge in [-0.05, 0) is 66.4 Å². The van der Waals surface area contributed by atoms with Crippen LogP contribution < -0.4 is 14.2 Å². The molecule has 0 saturated heterocycles. The van der Waals surface area contributed by atoms with Gasteiger partial charge in [0, 0.05) is 16.9 Å². The maximum absolute atomic E-state index is 13.6. The first kappa shape index (κ1) is 27.2. The van der Waals surface area contributed by atoms with Gasteiger partial charge in [-0.2, -0.15) is 13.5 Å². The number of rotatable bonds is 10. The van der Waals surface area contributed by atoms with Crippen LogP contribution >= 0.6 is 35.0 Å².